The summed E-state index contributed by atoms with van der Waals surface area (Å²) in [6.07, 6.45) is 1.56. The van der Waals surface area contributed by atoms with Crippen LogP contribution in [0.5, 0.6) is 0 Å². The zero-order chi connectivity index (χ0) is 16.1. The van der Waals surface area contributed by atoms with Crippen LogP contribution < -0.4 is 0 Å². The number of halogens is 1. The Labute approximate surface area is 135 Å². The fourth-order valence-corrected chi connectivity index (χ4v) is 3.65. The van der Waals surface area contributed by atoms with Crippen LogP contribution in [0.2, 0.25) is 5.02 Å². The number of ether oxygens (including phenoxy) is 1. The quantitative estimate of drug-likeness (QED) is 0.843. The zero-order valence-corrected chi connectivity index (χ0v) is 13.9. The maximum Gasteiger partial charge on any atom is 0.205 e. The van der Waals surface area contributed by atoms with Crippen molar-refractivity contribution in [3.63, 3.8) is 0 Å². The SMILES string of the molecule is CC1(C)CC(=O)C2=C(C1)OC(C)(O)C[C@@H]2c1ccc(Cl)cc1. The van der Waals surface area contributed by atoms with Crippen molar-refractivity contribution < 1.29 is 14.6 Å². The molecule has 0 amide bonds. The van der Waals surface area contributed by atoms with Gasteiger partial charge in [-0.1, -0.05) is 37.6 Å². The Morgan fingerprint density at radius 3 is 2.45 bits per heavy atom. The van der Waals surface area contributed by atoms with Gasteiger partial charge in [-0.2, -0.15) is 0 Å². The molecule has 0 saturated heterocycles. The normalized spacial score (nSPS) is 30.8. The predicted molar refractivity (Wildman–Crippen MR) is 85.6 cm³/mol. The maximum absolute atomic E-state index is 12.7. The summed E-state index contributed by atoms with van der Waals surface area (Å²) in [7, 11) is 0. The summed E-state index contributed by atoms with van der Waals surface area (Å²) in [6.45, 7) is 5.77. The summed E-state index contributed by atoms with van der Waals surface area (Å²) in [5, 5.41) is 11.1. The summed E-state index contributed by atoms with van der Waals surface area (Å²) < 4.78 is 5.75. The fourth-order valence-electron chi connectivity index (χ4n) is 3.52. The van der Waals surface area contributed by atoms with Gasteiger partial charge < -0.3 is 9.84 Å². The van der Waals surface area contributed by atoms with Crippen molar-refractivity contribution in [3.8, 4) is 0 Å². The molecule has 0 bridgehead atoms. The molecule has 4 heteroatoms. The average Bonchev–Trinajstić information content (AvgIpc) is 2.35. The highest BCUT2D eigenvalue weighted by Crippen LogP contribution is 2.49. The molecule has 0 radical (unpaired) electrons. The van der Waals surface area contributed by atoms with Crippen LogP contribution in [-0.4, -0.2) is 16.7 Å². The van der Waals surface area contributed by atoms with Crippen molar-refractivity contribution in [2.45, 2.75) is 51.7 Å². The largest absolute Gasteiger partial charge is 0.467 e. The molecule has 1 unspecified atom stereocenters. The summed E-state index contributed by atoms with van der Waals surface area (Å²) >= 11 is 5.96. The van der Waals surface area contributed by atoms with Gasteiger partial charge in [-0.25, -0.2) is 0 Å². The minimum atomic E-state index is -1.25. The molecule has 1 aromatic rings. The Balaban J connectivity index is 2.08. The summed E-state index contributed by atoms with van der Waals surface area (Å²) in [6, 6.07) is 7.48. The van der Waals surface area contributed by atoms with E-state index in [1.54, 1.807) is 6.92 Å². The standard InChI is InChI=1S/C18H21ClO3/c1-17(2)9-14(20)16-13(11-4-6-12(19)7-5-11)8-18(3,21)22-15(16)10-17/h4-7,13,21H,8-10H2,1-3H3/t13-,18?/m1/s1. The number of benzene rings is 1. The lowest BCUT2D eigenvalue weighted by Crippen LogP contribution is -2.41. The lowest BCUT2D eigenvalue weighted by atomic mass is 9.70. The summed E-state index contributed by atoms with van der Waals surface area (Å²) in [5.41, 5.74) is 1.59. The molecule has 0 aromatic heterocycles. The number of hydrogen-bond donors (Lipinski definition) is 1. The van der Waals surface area contributed by atoms with Crippen LogP contribution in [0.1, 0.15) is 51.5 Å². The first-order valence-electron chi connectivity index (χ1n) is 7.60. The molecule has 1 N–H and O–H groups in total. The van der Waals surface area contributed by atoms with Crippen LogP contribution in [0.15, 0.2) is 35.6 Å². The lowest BCUT2D eigenvalue weighted by molar-refractivity contribution is -0.184. The van der Waals surface area contributed by atoms with E-state index in [1.165, 1.54) is 0 Å². The second-order valence-corrected chi connectivity index (χ2v) is 7.80. The molecular weight excluding hydrogens is 300 g/mol. The van der Waals surface area contributed by atoms with Gasteiger partial charge in [0.1, 0.15) is 5.76 Å². The lowest BCUT2D eigenvalue weighted by Gasteiger charge is -2.43. The maximum atomic E-state index is 12.7. The number of aliphatic hydroxyl groups is 1. The van der Waals surface area contributed by atoms with E-state index in [0.29, 0.717) is 30.0 Å². The monoisotopic (exact) mass is 320 g/mol. The fraction of sp³-hybridized carbons (Fsp3) is 0.500. The second kappa shape index (κ2) is 5.10. The van der Waals surface area contributed by atoms with Crippen molar-refractivity contribution in [1.29, 1.82) is 0 Å². The highest BCUT2D eigenvalue weighted by molar-refractivity contribution is 6.30. The van der Waals surface area contributed by atoms with E-state index in [9.17, 15) is 9.90 Å². The Kier molecular flexibility index (Phi) is 3.61. The number of hydrogen-bond acceptors (Lipinski definition) is 3. The Hall–Kier alpha value is -1.32. The molecule has 0 spiro atoms. The zero-order valence-electron chi connectivity index (χ0n) is 13.1. The second-order valence-electron chi connectivity index (χ2n) is 7.36. The Bertz CT molecular complexity index is 637. The van der Waals surface area contributed by atoms with E-state index < -0.39 is 5.79 Å². The molecular formula is C18H21ClO3. The van der Waals surface area contributed by atoms with E-state index in [2.05, 4.69) is 13.8 Å². The number of ketones is 1. The van der Waals surface area contributed by atoms with Crippen LogP contribution in [-0.2, 0) is 9.53 Å². The molecule has 1 aromatic carbocycles. The number of allylic oxidation sites excluding steroid dienone is 2. The molecule has 3 rings (SSSR count). The third kappa shape index (κ3) is 2.92. The molecule has 1 aliphatic carbocycles. The van der Waals surface area contributed by atoms with E-state index >= 15 is 0 Å². The van der Waals surface area contributed by atoms with Crippen molar-refractivity contribution in [2.24, 2.45) is 5.41 Å². The number of carbonyl (C=O) groups excluding carboxylic acids is 1. The Morgan fingerprint density at radius 1 is 1.18 bits per heavy atom. The van der Waals surface area contributed by atoms with Crippen molar-refractivity contribution in [3.05, 3.63) is 46.2 Å². The van der Waals surface area contributed by atoms with Crippen molar-refractivity contribution in [2.75, 3.05) is 0 Å². The number of carbonyl (C=O) groups is 1. The van der Waals surface area contributed by atoms with Crippen LogP contribution in [0.4, 0.5) is 0 Å². The summed E-state index contributed by atoms with van der Waals surface area (Å²) in [5.74, 6) is -0.615. The van der Waals surface area contributed by atoms with Crippen LogP contribution in [0.25, 0.3) is 0 Å². The smallest absolute Gasteiger partial charge is 0.205 e. The topological polar surface area (TPSA) is 46.5 Å². The highest BCUT2D eigenvalue weighted by atomic mass is 35.5. The first kappa shape index (κ1) is 15.6. The molecule has 1 aliphatic heterocycles. The van der Waals surface area contributed by atoms with E-state index in [0.717, 1.165) is 11.1 Å². The van der Waals surface area contributed by atoms with Crippen molar-refractivity contribution in [1.82, 2.24) is 0 Å². The van der Waals surface area contributed by atoms with E-state index in [4.69, 9.17) is 16.3 Å². The molecule has 2 atom stereocenters. The third-order valence-corrected chi connectivity index (χ3v) is 4.68. The third-order valence-electron chi connectivity index (χ3n) is 4.43. The van der Waals surface area contributed by atoms with Gasteiger partial charge in [-0.05, 0) is 23.1 Å². The minimum absolute atomic E-state index is 0.127. The predicted octanol–water partition coefficient (Wildman–Crippen LogP) is 4.20. The number of rotatable bonds is 1. The molecule has 22 heavy (non-hydrogen) atoms. The molecule has 3 nitrogen and oxygen atoms in total. The highest BCUT2D eigenvalue weighted by Gasteiger charge is 2.45. The average molecular weight is 321 g/mol. The van der Waals surface area contributed by atoms with E-state index in [1.807, 2.05) is 24.3 Å². The van der Waals surface area contributed by atoms with Gasteiger partial charge >= 0.3 is 0 Å². The van der Waals surface area contributed by atoms with Crippen LogP contribution >= 0.6 is 11.6 Å². The molecule has 0 fully saturated rings. The van der Waals surface area contributed by atoms with Gasteiger partial charge in [-0.15, -0.1) is 0 Å². The van der Waals surface area contributed by atoms with Gasteiger partial charge in [-0.3, -0.25) is 4.79 Å². The molecule has 118 valence electrons. The Morgan fingerprint density at radius 2 is 1.82 bits per heavy atom. The van der Waals surface area contributed by atoms with Gasteiger partial charge in [0.05, 0.1) is 0 Å². The molecule has 2 aliphatic rings. The van der Waals surface area contributed by atoms with Gasteiger partial charge in [0, 0.05) is 42.7 Å². The van der Waals surface area contributed by atoms with Crippen LogP contribution in [0, 0.1) is 5.41 Å². The first-order valence-corrected chi connectivity index (χ1v) is 7.98. The van der Waals surface area contributed by atoms with Crippen molar-refractivity contribution >= 4 is 17.4 Å². The molecule has 1 heterocycles. The first-order chi connectivity index (χ1) is 10.2. The minimum Gasteiger partial charge on any atom is -0.467 e. The van der Waals surface area contributed by atoms with Gasteiger partial charge in [0.15, 0.2) is 5.78 Å². The molecule has 0 saturated carbocycles. The number of Topliss-reactive ketones (excluding diaryl/α,β-unsaturated/α-hetero) is 1. The van der Waals surface area contributed by atoms with Crippen LogP contribution in [0.3, 0.4) is 0 Å². The van der Waals surface area contributed by atoms with E-state index in [-0.39, 0.29) is 17.1 Å². The summed E-state index contributed by atoms with van der Waals surface area (Å²) in [4.78, 5) is 12.7. The van der Waals surface area contributed by atoms with Gasteiger partial charge in [0.25, 0.3) is 0 Å². The van der Waals surface area contributed by atoms with Gasteiger partial charge in [0.2, 0.25) is 5.79 Å².